The van der Waals surface area contributed by atoms with Gasteiger partial charge in [-0.2, -0.15) is 0 Å². The second kappa shape index (κ2) is 5.22. The molecule has 0 amide bonds. The lowest BCUT2D eigenvalue weighted by atomic mass is 10.1. The van der Waals surface area contributed by atoms with Crippen LogP contribution in [0.3, 0.4) is 0 Å². The lowest BCUT2D eigenvalue weighted by Crippen LogP contribution is -2.04. The number of fused-ring (bicyclic) bond motifs is 1. The molecule has 3 aromatic rings. The minimum absolute atomic E-state index is 0.557. The number of benzene rings is 2. The van der Waals surface area contributed by atoms with Gasteiger partial charge in [-0.15, -0.1) is 6.42 Å². The number of para-hydroxylation sites is 2. The highest BCUT2D eigenvalue weighted by molar-refractivity contribution is 5.76. The average Bonchev–Trinajstić information content (AvgIpc) is 2.80. The molecule has 0 saturated heterocycles. The molecule has 2 aromatic carbocycles. The molecule has 2 heteroatoms. The Morgan fingerprint density at radius 3 is 2.65 bits per heavy atom. The molecule has 0 aliphatic carbocycles. The van der Waals surface area contributed by atoms with Crippen molar-refractivity contribution in [3.63, 3.8) is 0 Å². The molecule has 3 rings (SSSR count). The summed E-state index contributed by atoms with van der Waals surface area (Å²) < 4.78 is 2.13. The van der Waals surface area contributed by atoms with Crippen molar-refractivity contribution in [2.45, 2.75) is 19.9 Å². The van der Waals surface area contributed by atoms with E-state index in [1.165, 1.54) is 11.1 Å². The van der Waals surface area contributed by atoms with E-state index in [9.17, 15) is 0 Å². The lowest BCUT2D eigenvalue weighted by Gasteiger charge is -2.07. The molecule has 0 fully saturated rings. The van der Waals surface area contributed by atoms with Crippen LogP contribution in [0.25, 0.3) is 11.0 Å². The van der Waals surface area contributed by atoms with Crippen molar-refractivity contribution in [1.82, 2.24) is 9.55 Å². The standard InChI is InChI=1S/C18H16N2/c1-3-12-20-17-11-7-6-10-16(17)19-18(20)13-15-9-5-4-8-14(15)2/h1,4-11H,12-13H2,2H3. The highest BCUT2D eigenvalue weighted by Crippen LogP contribution is 2.19. The van der Waals surface area contributed by atoms with Gasteiger partial charge in [0.15, 0.2) is 0 Å². The Labute approximate surface area is 119 Å². The molecule has 0 aliphatic heterocycles. The smallest absolute Gasteiger partial charge is 0.115 e. The van der Waals surface area contributed by atoms with Gasteiger partial charge >= 0.3 is 0 Å². The van der Waals surface area contributed by atoms with Gasteiger partial charge in [0.2, 0.25) is 0 Å². The van der Waals surface area contributed by atoms with Crippen molar-refractivity contribution in [3.8, 4) is 12.3 Å². The molecule has 1 aromatic heterocycles. The molecule has 98 valence electrons. The highest BCUT2D eigenvalue weighted by atomic mass is 15.1. The van der Waals surface area contributed by atoms with Crippen molar-refractivity contribution in [3.05, 3.63) is 65.5 Å². The summed E-state index contributed by atoms with van der Waals surface area (Å²) in [6.07, 6.45) is 6.31. The van der Waals surface area contributed by atoms with E-state index in [1.807, 2.05) is 18.2 Å². The number of terminal acetylenes is 1. The van der Waals surface area contributed by atoms with E-state index in [4.69, 9.17) is 11.4 Å². The van der Waals surface area contributed by atoms with E-state index in [-0.39, 0.29) is 0 Å². The summed E-state index contributed by atoms with van der Waals surface area (Å²) in [7, 11) is 0. The quantitative estimate of drug-likeness (QED) is 0.658. The maximum atomic E-state index is 5.50. The molecule has 0 N–H and O–H groups in total. The molecule has 0 aliphatic rings. The van der Waals surface area contributed by atoms with Crippen molar-refractivity contribution < 1.29 is 0 Å². The van der Waals surface area contributed by atoms with Crippen LogP contribution >= 0.6 is 0 Å². The second-order valence-electron chi connectivity index (χ2n) is 4.91. The fraction of sp³-hybridized carbons (Fsp3) is 0.167. The Morgan fingerprint density at radius 1 is 1.10 bits per heavy atom. The van der Waals surface area contributed by atoms with E-state index in [1.54, 1.807) is 0 Å². The number of aromatic nitrogens is 2. The summed E-state index contributed by atoms with van der Waals surface area (Å²) in [6, 6.07) is 16.5. The molecule has 0 atom stereocenters. The molecule has 0 radical (unpaired) electrons. The van der Waals surface area contributed by atoms with Gasteiger partial charge in [0, 0.05) is 6.42 Å². The number of rotatable bonds is 3. The Kier molecular flexibility index (Phi) is 3.26. The number of hydrogen-bond acceptors (Lipinski definition) is 1. The molecule has 2 nitrogen and oxygen atoms in total. The van der Waals surface area contributed by atoms with Crippen molar-refractivity contribution in [2.24, 2.45) is 0 Å². The molecular formula is C18H16N2. The van der Waals surface area contributed by atoms with Gasteiger partial charge in [0.1, 0.15) is 5.82 Å². The number of hydrogen-bond donors (Lipinski definition) is 0. The molecule has 0 saturated carbocycles. The molecule has 20 heavy (non-hydrogen) atoms. The number of aryl methyl sites for hydroxylation is 1. The van der Waals surface area contributed by atoms with Crippen LogP contribution in [0, 0.1) is 19.3 Å². The first-order valence-corrected chi connectivity index (χ1v) is 6.71. The van der Waals surface area contributed by atoms with E-state index < -0.39 is 0 Å². The minimum Gasteiger partial charge on any atom is -0.316 e. The van der Waals surface area contributed by atoms with Gasteiger partial charge in [0.05, 0.1) is 17.6 Å². The summed E-state index contributed by atoms with van der Waals surface area (Å²) in [4.78, 5) is 4.74. The van der Waals surface area contributed by atoms with Gasteiger partial charge in [-0.3, -0.25) is 0 Å². The summed E-state index contributed by atoms with van der Waals surface area (Å²) in [6.45, 7) is 2.69. The first-order valence-electron chi connectivity index (χ1n) is 6.71. The largest absolute Gasteiger partial charge is 0.316 e. The summed E-state index contributed by atoms with van der Waals surface area (Å²) >= 11 is 0. The van der Waals surface area contributed by atoms with Crippen LogP contribution in [0.2, 0.25) is 0 Å². The average molecular weight is 260 g/mol. The summed E-state index contributed by atoms with van der Waals surface area (Å²) in [5.41, 5.74) is 4.69. The SMILES string of the molecule is C#CCn1c(Cc2ccccc2C)nc2ccccc21. The monoisotopic (exact) mass is 260 g/mol. The van der Waals surface area contributed by atoms with Crippen LogP contribution in [0.1, 0.15) is 17.0 Å². The zero-order chi connectivity index (χ0) is 13.9. The third-order valence-electron chi connectivity index (χ3n) is 3.59. The van der Waals surface area contributed by atoms with Crippen LogP contribution in [0.4, 0.5) is 0 Å². The second-order valence-corrected chi connectivity index (χ2v) is 4.91. The predicted molar refractivity (Wildman–Crippen MR) is 82.6 cm³/mol. The maximum Gasteiger partial charge on any atom is 0.115 e. The Hall–Kier alpha value is -2.53. The normalized spacial score (nSPS) is 10.6. The van der Waals surface area contributed by atoms with Crippen molar-refractivity contribution >= 4 is 11.0 Å². The van der Waals surface area contributed by atoms with Crippen molar-refractivity contribution in [2.75, 3.05) is 0 Å². The molecular weight excluding hydrogens is 244 g/mol. The molecule has 0 unspecified atom stereocenters. The van der Waals surface area contributed by atoms with Gasteiger partial charge < -0.3 is 4.57 Å². The first kappa shape index (κ1) is 12.5. The van der Waals surface area contributed by atoms with E-state index in [0.717, 1.165) is 23.3 Å². The highest BCUT2D eigenvalue weighted by Gasteiger charge is 2.10. The number of imidazole rings is 1. The zero-order valence-corrected chi connectivity index (χ0v) is 11.5. The topological polar surface area (TPSA) is 17.8 Å². The fourth-order valence-electron chi connectivity index (χ4n) is 2.51. The van der Waals surface area contributed by atoms with Gasteiger partial charge in [-0.1, -0.05) is 42.3 Å². The van der Waals surface area contributed by atoms with Crippen LogP contribution in [-0.2, 0) is 13.0 Å². The Morgan fingerprint density at radius 2 is 1.85 bits per heavy atom. The maximum absolute atomic E-state index is 5.50. The third-order valence-corrected chi connectivity index (χ3v) is 3.59. The van der Waals surface area contributed by atoms with E-state index in [2.05, 4.69) is 47.7 Å². The van der Waals surface area contributed by atoms with Gasteiger partial charge in [-0.05, 0) is 30.2 Å². The molecule has 0 bridgehead atoms. The molecule has 0 spiro atoms. The van der Waals surface area contributed by atoms with Crippen LogP contribution < -0.4 is 0 Å². The van der Waals surface area contributed by atoms with Crippen LogP contribution in [0.5, 0.6) is 0 Å². The Balaban J connectivity index is 2.09. The Bertz CT molecular complexity index is 791. The predicted octanol–water partition coefficient (Wildman–Crippen LogP) is 3.57. The third kappa shape index (κ3) is 2.19. The fourth-order valence-corrected chi connectivity index (χ4v) is 2.51. The van der Waals surface area contributed by atoms with Crippen LogP contribution in [-0.4, -0.2) is 9.55 Å². The van der Waals surface area contributed by atoms with Crippen molar-refractivity contribution in [1.29, 1.82) is 0 Å². The lowest BCUT2D eigenvalue weighted by molar-refractivity contribution is 0.792. The number of nitrogens with zero attached hydrogens (tertiary/aromatic N) is 2. The van der Waals surface area contributed by atoms with E-state index >= 15 is 0 Å². The first-order chi connectivity index (χ1) is 9.79. The van der Waals surface area contributed by atoms with Gasteiger partial charge in [0.25, 0.3) is 0 Å². The van der Waals surface area contributed by atoms with Gasteiger partial charge in [-0.25, -0.2) is 4.98 Å². The summed E-state index contributed by atoms with van der Waals surface area (Å²) in [5.74, 6) is 3.75. The molecule has 1 heterocycles. The zero-order valence-electron chi connectivity index (χ0n) is 11.5. The van der Waals surface area contributed by atoms with Crippen LogP contribution in [0.15, 0.2) is 48.5 Å². The summed E-state index contributed by atoms with van der Waals surface area (Å²) in [5, 5.41) is 0. The van der Waals surface area contributed by atoms with E-state index in [0.29, 0.717) is 6.54 Å². The minimum atomic E-state index is 0.557.